The van der Waals surface area contributed by atoms with Gasteiger partial charge >= 0.3 is 0 Å². The van der Waals surface area contributed by atoms with Crippen molar-refractivity contribution in [2.75, 3.05) is 0 Å². The standard InChI is InChI=1S/C30H30O2/c1-5-30(4,24-10-18-28(19-11-24)31-26-14-6-22(2)7-15-26)25-12-20-29(21-13-25)32-27-16-8-23(3)9-17-27/h6-21H,5H2,1-4H3. The van der Waals surface area contributed by atoms with E-state index in [1.165, 1.54) is 22.3 Å². The first kappa shape index (κ1) is 21.7. The zero-order valence-electron chi connectivity index (χ0n) is 19.3. The van der Waals surface area contributed by atoms with Gasteiger partial charge in [0.1, 0.15) is 23.0 Å². The van der Waals surface area contributed by atoms with E-state index < -0.39 is 0 Å². The maximum atomic E-state index is 6.00. The molecule has 0 aliphatic carbocycles. The van der Waals surface area contributed by atoms with E-state index in [9.17, 15) is 0 Å². The molecule has 0 heterocycles. The molecule has 4 aromatic carbocycles. The lowest BCUT2D eigenvalue weighted by Crippen LogP contribution is -2.22. The third kappa shape index (κ3) is 4.86. The van der Waals surface area contributed by atoms with Gasteiger partial charge in [0.25, 0.3) is 0 Å². The lowest BCUT2D eigenvalue weighted by molar-refractivity contribution is 0.479. The van der Waals surface area contributed by atoms with Gasteiger partial charge in [0.05, 0.1) is 0 Å². The van der Waals surface area contributed by atoms with Crippen LogP contribution in [0.15, 0.2) is 97.1 Å². The minimum absolute atomic E-state index is 0.0925. The Morgan fingerprint density at radius 1 is 0.500 bits per heavy atom. The molecule has 162 valence electrons. The Hall–Kier alpha value is -3.52. The van der Waals surface area contributed by atoms with Gasteiger partial charge in [-0.2, -0.15) is 0 Å². The summed E-state index contributed by atoms with van der Waals surface area (Å²) < 4.78 is 12.0. The fraction of sp³-hybridized carbons (Fsp3) is 0.200. The van der Waals surface area contributed by atoms with Gasteiger partial charge in [0.2, 0.25) is 0 Å². The van der Waals surface area contributed by atoms with Crippen molar-refractivity contribution in [1.82, 2.24) is 0 Å². The summed E-state index contributed by atoms with van der Waals surface area (Å²) >= 11 is 0. The van der Waals surface area contributed by atoms with Crippen LogP contribution in [0.4, 0.5) is 0 Å². The van der Waals surface area contributed by atoms with E-state index in [2.05, 4.69) is 100 Å². The van der Waals surface area contributed by atoms with Crippen LogP contribution >= 0.6 is 0 Å². The van der Waals surface area contributed by atoms with Crippen molar-refractivity contribution in [3.63, 3.8) is 0 Å². The molecule has 2 heteroatoms. The van der Waals surface area contributed by atoms with Gasteiger partial charge in [-0.25, -0.2) is 0 Å². The molecular weight excluding hydrogens is 392 g/mol. The van der Waals surface area contributed by atoms with E-state index in [1.807, 2.05) is 24.3 Å². The van der Waals surface area contributed by atoms with Gasteiger partial charge in [0, 0.05) is 5.41 Å². The number of hydrogen-bond donors (Lipinski definition) is 0. The number of aryl methyl sites for hydroxylation is 2. The second-order valence-electron chi connectivity index (χ2n) is 8.56. The van der Waals surface area contributed by atoms with Crippen molar-refractivity contribution in [1.29, 1.82) is 0 Å². The molecule has 0 N–H and O–H groups in total. The molecule has 0 saturated heterocycles. The zero-order chi connectivity index (χ0) is 22.6. The van der Waals surface area contributed by atoms with E-state index in [0.717, 1.165) is 29.4 Å². The lowest BCUT2D eigenvalue weighted by Gasteiger charge is -2.30. The minimum Gasteiger partial charge on any atom is -0.457 e. The highest BCUT2D eigenvalue weighted by molar-refractivity contribution is 5.44. The van der Waals surface area contributed by atoms with E-state index in [1.54, 1.807) is 0 Å². The summed E-state index contributed by atoms with van der Waals surface area (Å²) in [6, 6.07) is 33.1. The second-order valence-corrected chi connectivity index (χ2v) is 8.56. The second kappa shape index (κ2) is 9.32. The lowest BCUT2D eigenvalue weighted by atomic mass is 9.74. The Morgan fingerprint density at radius 2 is 0.781 bits per heavy atom. The van der Waals surface area contributed by atoms with E-state index in [0.29, 0.717) is 0 Å². The molecule has 0 aromatic heterocycles. The summed E-state index contributed by atoms with van der Waals surface area (Å²) in [6.45, 7) is 8.67. The minimum atomic E-state index is -0.0925. The summed E-state index contributed by atoms with van der Waals surface area (Å²) in [4.78, 5) is 0. The number of ether oxygens (including phenoxy) is 2. The Labute approximate surface area is 191 Å². The maximum Gasteiger partial charge on any atom is 0.127 e. The predicted octanol–water partition coefficient (Wildman–Crippen LogP) is 8.60. The Bertz CT molecular complexity index is 1050. The molecule has 0 amide bonds. The van der Waals surface area contributed by atoms with Gasteiger partial charge in [-0.3, -0.25) is 0 Å². The molecule has 0 atom stereocenters. The van der Waals surface area contributed by atoms with Crippen molar-refractivity contribution in [3.8, 4) is 23.0 Å². The maximum absolute atomic E-state index is 6.00. The Morgan fingerprint density at radius 3 is 1.06 bits per heavy atom. The van der Waals surface area contributed by atoms with E-state index in [4.69, 9.17) is 9.47 Å². The number of hydrogen-bond acceptors (Lipinski definition) is 2. The average molecular weight is 423 g/mol. The molecule has 4 rings (SSSR count). The van der Waals surface area contributed by atoms with Crippen molar-refractivity contribution in [2.24, 2.45) is 0 Å². The summed E-state index contributed by atoms with van der Waals surface area (Å²) in [5.74, 6) is 3.40. The van der Waals surface area contributed by atoms with Crippen LogP contribution in [0.1, 0.15) is 42.5 Å². The van der Waals surface area contributed by atoms with Crippen LogP contribution in [0.25, 0.3) is 0 Å². The topological polar surface area (TPSA) is 18.5 Å². The highest BCUT2D eigenvalue weighted by atomic mass is 16.5. The molecule has 0 fully saturated rings. The third-order valence-corrected chi connectivity index (χ3v) is 6.20. The van der Waals surface area contributed by atoms with Crippen LogP contribution < -0.4 is 9.47 Å². The molecule has 4 aromatic rings. The monoisotopic (exact) mass is 422 g/mol. The number of rotatable bonds is 7. The van der Waals surface area contributed by atoms with Crippen LogP contribution in [0.3, 0.4) is 0 Å². The predicted molar refractivity (Wildman–Crippen MR) is 132 cm³/mol. The highest BCUT2D eigenvalue weighted by Crippen LogP contribution is 2.37. The van der Waals surface area contributed by atoms with Crippen LogP contribution in [0, 0.1) is 13.8 Å². The smallest absolute Gasteiger partial charge is 0.127 e. The first-order valence-electron chi connectivity index (χ1n) is 11.2. The molecule has 0 bridgehead atoms. The zero-order valence-corrected chi connectivity index (χ0v) is 19.3. The summed E-state index contributed by atoms with van der Waals surface area (Å²) in [5, 5.41) is 0. The first-order chi connectivity index (χ1) is 15.5. The van der Waals surface area contributed by atoms with Crippen LogP contribution in [0.5, 0.6) is 23.0 Å². The molecule has 0 spiro atoms. The van der Waals surface area contributed by atoms with E-state index in [-0.39, 0.29) is 5.41 Å². The molecule has 0 unspecified atom stereocenters. The van der Waals surface area contributed by atoms with Crippen molar-refractivity contribution in [3.05, 3.63) is 119 Å². The first-order valence-corrected chi connectivity index (χ1v) is 11.2. The molecule has 0 saturated carbocycles. The summed E-state index contributed by atoms with van der Waals surface area (Å²) in [6.07, 6.45) is 0.989. The largest absolute Gasteiger partial charge is 0.457 e. The molecule has 0 aliphatic rings. The third-order valence-electron chi connectivity index (χ3n) is 6.20. The van der Waals surface area contributed by atoms with Gasteiger partial charge in [-0.15, -0.1) is 0 Å². The van der Waals surface area contributed by atoms with Gasteiger partial charge in [-0.1, -0.05) is 73.5 Å². The number of benzene rings is 4. The van der Waals surface area contributed by atoms with Gasteiger partial charge in [-0.05, 0) is 79.9 Å². The molecular formula is C30H30O2. The summed E-state index contributed by atoms with van der Waals surface area (Å²) in [5.41, 5.74) is 4.89. The fourth-order valence-corrected chi connectivity index (χ4v) is 3.84. The Kier molecular flexibility index (Phi) is 6.32. The van der Waals surface area contributed by atoms with Gasteiger partial charge < -0.3 is 9.47 Å². The average Bonchev–Trinajstić information content (AvgIpc) is 2.82. The summed E-state index contributed by atoms with van der Waals surface area (Å²) in [7, 11) is 0. The normalized spacial score (nSPS) is 11.2. The van der Waals surface area contributed by atoms with Crippen molar-refractivity contribution < 1.29 is 9.47 Å². The van der Waals surface area contributed by atoms with Gasteiger partial charge in [0.15, 0.2) is 0 Å². The SMILES string of the molecule is CCC(C)(c1ccc(Oc2ccc(C)cc2)cc1)c1ccc(Oc2ccc(C)cc2)cc1. The van der Waals surface area contributed by atoms with Crippen LogP contribution in [-0.4, -0.2) is 0 Å². The molecule has 2 nitrogen and oxygen atoms in total. The molecule has 32 heavy (non-hydrogen) atoms. The quantitative estimate of drug-likeness (QED) is 0.297. The van der Waals surface area contributed by atoms with E-state index >= 15 is 0 Å². The highest BCUT2D eigenvalue weighted by Gasteiger charge is 2.27. The Balaban J connectivity index is 1.50. The van der Waals surface area contributed by atoms with Crippen LogP contribution in [0.2, 0.25) is 0 Å². The van der Waals surface area contributed by atoms with Crippen LogP contribution in [-0.2, 0) is 5.41 Å². The van der Waals surface area contributed by atoms with Crippen molar-refractivity contribution >= 4 is 0 Å². The fourth-order valence-electron chi connectivity index (χ4n) is 3.84. The van der Waals surface area contributed by atoms with Crippen molar-refractivity contribution in [2.45, 2.75) is 39.5 Å². The molecule has 0 aliphatic heterocycles. The molecule has 0 radical (unpaired) electrons.